The first kappa shape index (κ1) is 17.5. The topological polar surface area (TPSA) is 77.8 Å². The first-order valence-corrected chi connectivity index (χ1v) is 8.69. The van der Waals surface area contributed by atoms with Crippen LogP contribution in [0.5, 0.6) is 5.75 Å². The first-order valence-electron chi connectivity index (χ1n) is 8.69. The maximum absolute atomic E-state index is 11.9. The molecular formula is C19H23NO5. The molecule has 134 valence electrons. The Morgan fingerprint density at radius 2 is 2.08 bits per heavy atom. The van der Waals surface area contributed by atoms with Crippen molar-refractivity contribution in [1.29, 1.82) is 0 Å². The van der Waals surface area contributed by atoms with Gasteiger partial charge in [-0.1, -0.05) is 6.92 Å². The molecule has 0 spiro atoms. The van der Waals surface area contributed by atoms with Gasteiger partial charge in [-0.15, -0.1) is 0 Å². The smallest absolute Gasteiger partial charge is 0.336 e. The summed E-state index contributed by atoms with van der Waals surface area (Å²) in [6.07, 6.45) is 2.70. The predicted octanol–water partition coefficient (Wildman–Crippen LogP) is 2.28. The fourth-order valence-electron chi connectivity index (χ4n) is 3.00. The fraction of sp³-hybridized carbons (Fsp3) is 0.474. The average Bonchev–Trinajstić information content (AvgIpc) is 2.64. The van der Waals surface area contributed by atoms with E-state index in [4.69, 9.17) is 13.9 Å². The van der Waals surface area contributed by atoms with E-state index in [0.717, 1.165) is 43.4 Å². The number of carbonyl (C=O) groups is 1. The third-order valence-electron chi connectivity index (χ3n) is 4.48. The molecule has 6 heteroatoms. The summed E-state index contributed by atoms with van der Waals surface area (Å²) in [4.78, 5) is 23.5. The minimum atomic E-state index is -0.379. The van der Waals surface area contributed by atoms with E-state index in [-0.39, 0.29) is 18.1 Å². The zero-order chi connectivity index (χ0) is 17.6. The zero-order valence-corrected chi connectivity index (χ0v) is 14.4. The molecule has 1 amide bonds. The van der Waals surface area contributed by atoms with Crippen LogP contribution in [0.2, 0.25) is 0 Å². The van der Waals surface area contributed by atoms with Crippen LogP contribution in [-0.2, 0) is 16.0 Å². The van der Waals surface area contributed by atoms with Crippen molar-refractivity contribution in [3.8, 4) is 5.75 Å². The number of hydrogen-bond donors (Lipinski definition) is 1. The highest BCUT2D eigenvalue weighted by atomic mass is 16.5. The van der Waals surface area contributed by atoms with Crippen LogP contribution in [0.1, 0.15) is 25.3 Å². The molecule has 1 aliphatic heterocycles. The number of amides is 1. The van der Waals surface area contributed by atoms with E-state index in [2.05, 4.69) is 5.32 Å². The highest BCUT2D eigenvalue weighted by Gasteiger charge is 2.15. The molecular weight excluding hydrogens is 322 g/mol. The molecule has 25 heavy (non-hydrogen) atoms. The van der Waals surface area contributed by atoms with Gasteiger partial charge in [-0.25, -0.2) is 4.79 Å². The van der Waals surface area contributed by atoms with Gasteiger partial charge in [0.2, 0.25) is 0 Å². The molecule has 0 aliphatic carbocycles. The highest BCUT2D eigenvalue weighted by molar-refractivity contribution is 5.82. The summed E-state index contributed by atoms with van der Waals surface area (Å²) in [7, 11) is 0. The van der Waals surface area contributed by atoms with Crippen molar-refractivity contribution in [2.45, 2.75) is 26.2 Å². The van der Waals surface area contributed by atoms with Gasteiger partial charge in [0.05, 0.1) is 0 Å². The largest absolute Gasteiger partial charge is 0.484 e. The van der Waals surface area contributed by atoms with Crippen molar-refractivity contribution < 1.29 is 18.7 Å². The van der Waals surface area contributed by atoms with E-state index in [9.17, 15) is 9.59 Å². The van der Waals surface area contributed by atoms with Gasteiger partial charge in [-0.2, -0.15) is 0 Å². The Hall–Kier alpha value is -2.34. The van der Waals surface area contributed by atoms with Crippen LogP contribution in [0.25, 0.3) is 11.0 Å². The molecule has 6 nitrogen and oxygen atoms in total. The molecule has 2 aromatic rings. The molecule has 1 fully saturated rings. The Kier molecular flexibility index (Phi) is 5.71. The first-order chi connectivity index (χ1) is 12.2. The lowest BCUT2D eigenvalue weighted by Crippen LogP contribution is -2.35. The third kappa shape index (κ3) is 4.60. The van der Waals surface area contributed by atoms with E-state index in [1.807, 2.05) is 13.0 Å². The second kappa shape index (κ2) is 8.16. The summed E-state index contributed by atoms with van der Waals surface area (Å²) >= 11 is 0. The normalized spacial score (nSPS) is 15.2. The maximum atomic E-state index is 11.9. The van der Waals surface area contributed by atoms with Gasteiger partial charge in [0, 0.05) is 37.3 Å². The van der Waals surface area contributed by atoms with Crippen LogP contribution >= 0.6 is 0 Å². The SMILES string of the molecule is CCc1cc(=O)oc2cc(OCC(=O)NCC3CCOCC3)ccc12. The molecule has 1 aromatic heterocycles. The van der Waals surface area contributed by atoms with E-state index in [0.29, 0.717) is 23.8 Å². The summed E-state index contributed by atoms with van der Waals surface area (Å²) < 4.78 is 16.1. The maximum Gasteiger partial charge on any atom is 0.336 e. The van der Waals surface area contributed by atoms with Gasteiger partial charge in [0.15, 0.2) is 6.61 Å². The monoisotopic (exact) mass is 345 g/mol. The van der Waals surface area contributed by atoms with Crippen LogP contribution < -0.4 is 15.7 Å². The van der Waals surface area contributed by atoms with Crippen molar-refractivity contribution in [1.82, 2.24) is 5.32 Å². The standard InChI is InChI=1S/C19H23NO5/c1-2-14-9-19(22)25-17-10-15(3-4-16(14)17)24-12-18(21)20-11-13-5-7-23-8-6-13/h3-4,9-10,13H,2,5-8,11-12H2,1H3,(H,20,21). The van der Waals surface area contributed by atoms with Crippen LogP contribution in [-0.4, -0.2) is 32.3 Å². The van der Waals surface area contributed by atoms with Crippen LogP contribution in [0.3, 0.4) is 0 Å². The Labute approximate surface area is 146 Å². The molecule has 0 bridgehead atoms. The van der Waals surface area contributed by atoms with Crippen LogP contribution in [0, 0.1) is 5.92 Å². The fourth-order valence-corrected chi connectivity index (χ4v) is 3.00. The molecule has 0 radical (unpaired) electrons. The number of benzene rings is 1. The summed E-state index contributed by atoms with van der Waals surface area (Å²) in [6, 6.07) is 6.80. The molecule has 1 aromatic carbocycles. The number of fused-ring (bicyclic) bond motifs is 1. The summed E-state index contributed by atoms with van der Waals surface area (Å²) in [6.45, 7) is 4.10. The van der Waals surface area contributed by atoms with Crippen molar-refractivity contribution in [3.63, 3.8) is 0 Å². The molecule has 1 N–H and O–H groups in total. The number of nitrogens with one attached hydrogen (secondary N) is 1. The Morgan fingerprint density at radius 3 is 2.84 bits per heavy atom. The minimum absolute atomic E-state index is 0.0631. The molecule has 2 heterocycles. The summed E-state index contributed by atoms with van der Waals surface area (Å²) in [5.41, 5.74) is 1.03. The van der Waals surface area contributed by atoms with Gasteiger partial charge in [-0.3, -0.25) is 4.79 Å². The number of carbonyl (C=O) groups excluding carboxylic acids is 1. The van der Waals surface area contributed by atoms with Gasteiger partial charge >= 0.3 is 5.63 Å². The third-order valence-corrected chi connectivity index (χ3v) is 4.48. The molecule has 1 aliphatic rings. The van der Waals surface area contributed by atoms with Gasteiger partial charge in [-0.05, 0) is 42.9 Å². The number of aryl methyl sites for hydroxylation is 1. The van der Waals surface area contributed by atoms with Crippen molar-refractivity contribution >= 4 is 16.9 Å². The van der Waals surface area contributed by atoms with Crippen LogP contribution in [0.4, 0.5) is 0 Å². The number of rotatable bonds is 6. The lowest BCUT2D eigenvalue weighted by molar-refractivity contribution is -0.123. The van der Waals surface area contributed by atoms with E-state index in [1.165, 1.54) is 6.07 Å². The molecule has 0 unspecified atom stereocenters. The number of ether oxygens (including phenoxy) is 2. The van der Waals surface area contributed by atoms with Gasteiger partial charge in [0.25, 0.3) is 5.91 Å². The second-order valence-corrected chi connectivity index (χ2v) is 6.25. The van der Waals surface area contributed by atoms with Gasteiger partial charge in [0.1, 0.15) is 11.3 Å². The molecule has 0 atom stereocenters. The molecule has 3 rings (SSSR count). The van der Waals surface area contributed by atoms with Crippen molar-refractivity contribution in [2.75, 3.05) is 26.4 Å². The second-order valence-electron chi connectivity index (χ2n) is 6.25. The summed E-state index contributed by atoms with van der Waals surface area (Å²) in [5.74, 6) is 0.820. The summed E-state index contributed by atoms with van der Waals surface area (Å²) in [5, 5.41) is 3.78. The lowest BCUT2D eigenvalue weighted by atomic mass is 10.0. The highest BCUT2D eigenvalue weighted by Crippen LogP contribution is 2.23. The van der Waals surface area contributed by atoms with E-state index in [1.54, 1.807) is 12.1 Å². The van der Waals surface area contributed by atoms with Crippen molar-refractivity contribution in [2.24, 2.45) is 5.92 Å². The minimum Gasteiger partial charge on any atom is -0.484 e. The lowest BCUT2D eigenvalue weighted by Gasteiger charge is -2.22. The Bertz CT molecular complexity index is 792. The average molecular weight is 345 g/mol. The Morgan fingerprint density at radius 1 is 1.28 bits per heavy atom. The van der Waals surface area contributed by atoms with E-state index >= 15 is 0 Å². The Balaban J connectivity index is 1.57. The van der Waals surface area contributed by atoms with Crippen LogP contribution in [0.15, 0.2) is 33.5 Å². The van der Waals surface area contributed by atoms with E-state index < -0.39 is 0 Å². The zero-order valence-electron chi connectivity index (χ0n) is 14.4. The molecule has 1 saturated heterocycles. The van der Waals surface area contributed by atoms with Crippen molar-refractivity contribution in [3.05, 3.63) is 40.2 Å². The predicted molar refractivity (Wildman–Crippen MR) is 93.9 cm³/mol. The van der Waals surface area contributed by atoms with Gasteiger partial charge < -0.3 is 19.2 Å². The molecule has 0 saturated carbocycles. The number of hydrogen-bond acceptors (Lipinski definition) is 5. The quantitative estimate of drug-likeness (QED) is 0.813.